The Balaban J connectivity index is 2.86. The summed E-state index contributed by atoms with van der Waals surface area (Å²) in [6.45, 7) is -1.12. The Hall–Kier alpha value is -1.67. The lowest BCUT2D eigenvalue weighted by atomic mass is 10.1. The van der Waals surface area contributed by atoms with Gasteiger partial charge in [-0.15, -0.1) is 0 Å². The molecule has 8 heteroatoms. The Morgan fingerprint density at radius 3 is 2.55 bits per heavy atom. The van der Waals surface area contributed by atoms with Crippen LogP contribution in [0.4, 0.5) is 18.9 Å². The summed E-state index contributed by atoms with van der Waals surface area (Å²) in [5.41, 5.74) is 0.0648. The Morgan fingerprint density at radius 2 is 2.00 bits per heavy atom. The Kier molecular flexibility index (Phi) is 5.90. The van der Waals surface area contributed by atoms with Crippen LogP contribution in [-0.2, 0) is 11.3 Å². The van der Waals surface area contributed by atoms with Gasteiger partial charge >= 0.3 is 6.18 Å². The Morgan fingerprint density at radius 1 is 1.35 bits per heavy atom. The summed E-state index contributed by atoms with van der Waals surface area (Å²) in [7, 11) is 1.39. The third kappa shape index (κ3) is 5.54. The monoisotopic (exact) mass is 292 g/mol. The second-order valence-electron chi connectivity index (χ2n) is 4.20. The molecule has 1 aromatic rings. The van der Waals surface area contributed by atoms with Gasteiger partial charge < -0.3 is 4.74 Å². The van der Waals surface area contributed by atoms with Crippen molar-refractivity contribution in [2.24, 2.45) is 0 Å². The van der Waals surface area contributed by atoms with E-state index in [-0.39, 0.29) is 30.9 Å². The first-order valence-electron chi connectivity index (χ1n) is 5.84. The van der Waals surface area contributed by atoms with Gasteiger partial charge in [-0.05, 0) is 0 Å². The molecule has 5 nitrogen and oxygen atoms in total. The minimum atomic E-state index is -4.36. The SMILES string of the molecule is COCCN(Cc1ccccc1[N+](=O)[O-])CC(F)(F)F. The molecule has 1 aromatic carbocycles. The molecule has 0 heterocycles. The van der Waals surface area contributed by atoms with Crippen LogP contribution in [0, 0.1) is 10.1 Å². The number of hydrogen-bond acceptors (Lipinski definition) is 4. The summed E-state index contributed by atoms with van der Waals surface area (Å²) >= 11 is 0. The molecule has 0 spiro atoms. The van der Waals surface area contributed by atoms with Gasteiger partial charge in [0.05, 0.1) is 18.1 Å². The molecule has 0 atom stereocenters. The van der Waals surface area contributed by atoms with Gasteiger partial charge in [0.2, 0.25) is 0 Å². The molecule has 0 N–H and O–H groups in total. The van der Waals surface area contributed by atoms with Gasteiger partial charge in [0.15, 0.2) is 0 Å². The van der Waals surface area contributed by atoms with Crippen LogP contribution in [0.2, 0.25) is 0 Å². The number of hydrogen-bond donors (Lipinski definition) is 0. The van der Waals surface area contributed by atoms with Gasteiger partial charge in [0.25, 0.3) is 5.69 Å². The standard InChI is InChI=1S/C12H15F3N2O3/c1-20-7-6-16(9-12(13,14)15)8-10-4-2-3-5-11(10)17(18)19/h2-5H,6-9H2,1H3. The molecule has 0 aliphatic carbocycles. The molecule has 0 radical (unpaired) electrons. The predicted molar refractivity (Wildman–Crippen MR) is 66.3 cm³/mol. The van der Waals surface area contributed by atoms with E-state index in [0.29, 0.717) is 0 Å². The molecule has 0 amide bonds. The summed E-state index contributed by atoms with van der Waals surface area (Å²) in [5, 5.41) is 10.8. The van der Waals surface area contributed by atoms with Crippen LogP contribution >= 0.6 is 0 Å². The Labute approximate surface area is 114 Å². The van der Waals surface area contributed by atoms with Crippen LogP contribution in [0.25, 0.3) is 0 Å². The van der Waals surface area contributed by atoms with E-state index in [1.54, 1.807) is 6.07 Å². The molecule has 0 unspecified atom stereocenters. The highest BCUT2D eigenvalue weighted by Crippen LogP contribution is 2.22. The average molecular weight is 292 g/mol. The van der Waals surface area contributed by atoms with E-state index in [1.165, 1.54) is 25.3 Å². The maximum absolute atomic E-state index is 12.5. The van der Waals surface area contributed by atoms with Gasteiger partial charge in [0, 0.05) is 31.8 Å². The summed E-state index contributed by atoms with van der Waals surface area (Å²) in [6, 6.07) is 5.76. The highest BCUT2D eigenvalue weighted by molar-refractivity contribution is 5.39. The minimum Gasteiger partial charge on any atom is -0.383 e. The van der Waals surface area contributed by atoms with Crippen molar-refractivity contribution in [3.8, 4) is 0 Å². The van der Waals surface area contributed by atoms with E-state index in [1.807, 2.05) is 0 Å². The first kappa shape index (κ1) is 16.4. The van der Waals surface area contributed by atoms with Crippen molar-refractivity contribution < 1.29 is 22.8 Å². The van der Waals surface area contributed by atoms with Crippen molar-refractivity contribution >= 4 is 5.69 Å². The second-order valence-corrected chi connectivity index (χ2v) is 4.20. The number of ether oxygens (including phenoxy) is 1. The highest BCUT2D eigenvalue weighted by Gasteiger charge is 2.31. The van der Waals surface area contributed by atoms with Crippen molar-refractivity contribution in [2.75, 3.05) is 26.8 Å². The third-order valence-electron chi connectivity index (χ3n) is 2.60. The van der Waals surface area contributed by atoms with Crippen LogP contribution in [0.3, 0.4) is 0 Å². The number of nitrogens with zero attached hydrogens (tertiary/aromatic N) is 2. The van der Waals surface area contributed by atoms with E-state index in [4.69, 9.17) is 4.74 Å². The number of nitro groups is 1. The van der Waals surface area contributed by atoms with Crippen molar-refractivity contribution in [2.45, 2.75) is 12.7 Å². The minimum absolute atomic E-state index is 0.0437. The van der Waals surface area contributed by atoms with Crippen LogP contribution in [0.5, 0.6) is 0 Å². The topological polar surface area (TPSA) is 55.6 Å². The van der Waals surface area contributed by atoms with Crippen LogP contribution < -0.4 is 0 Å². The lowest BCUT2D eigenvalue weighted by Crippen LogP contribution is -2.36. The van der Waals surface area contributed by atoms with E-state index >= 15 is 0 Å². The summed E-state index contributed by atoms with van der Waals surface area (Å²) < 4.78 is 42.2. The third-order valence-corrected chi connectivity index (χ3v) is 2.60. The number of para-hydroxylation sites is 1. The van der Waals surface area contributed by atoms with Crippen LogP contribution in [-0.4, -0.2) is 42.8 Å². The molecular formula is C12H15F3N2O3. The largest absolute Gasteiger partial charge is 0.401 e. The molecule has 0 bridgehead atoms. The molecule has 0 saturated carbocycles. The lowest BCUT2D eigenvalue weighted by Gasteiger charge is -2.23. The zero-order valence-corrected chi connectivity index (χ0v) is 10.9. The van der Waals surface area contributed by atoms with E-state index in [9.17, 15) is 23.3 Å². The van der Waals surface area contributed by atoms with Gasteiger partial charge in [0.1, 0.15) is 0 Å². The normalized spacial score (nSPS) is 11.8. The fraction of sp³-hybridized carbons (Fsp3) is 0.500. The average Bonchev–Trinajstić information content (AvgIpc) is 2.34. The lowest BCUT2D eigenvalue weighted by molar-refractivity contribution is -0.385. The fourth-order valence-electron chi connectivity index (χ4n) is 1.75. The number of benzene rings is 1. The maximum Gasteiger partial charge on any atom is 0.401 e. The summed E-state index contributed by atoms with van der Waals surface area (Å²) in [4.78, 5) is 11.3. The molecule has 1 rings (SSSR count). The summed E-state index contributed by atoms with van der Waals surface area (Å²) in [6.07, 6.45) is -4.36. The first-order chi connectivity index (χ1) is 9.33. The van der Waals surface area contributed by atoms with E-state index in [0.717, 1.165) is 4.90 Å². The van der Waals surface area contributed by atoms with E-state index in [2.05, 4.69) is 0 Å². The molecule has 20 heavy (non-hydrogen) atoms. The van der Waals surface area contributed by atoms with Crippen molar-refractivity contribution in [3.63, 3.8) is 0 Å². The predicted octanol–water partition coefficient (Wildman–Crippen LogP) is 2.61. The maximum atomic E-state index is 12.5. The molecule has 0 saturated heterocycles. The van der Waals surface area contributed by atoms with Gasteiger partial charge in [-0.1, -0.05) is 18.2 Å². The first-order valence-corrected chi connectivity index (χ1v) is 5.84. The van der Waals surface area contributed by atoms with Gasteiger partial charge in [-0.2, -0.15) is 13.2 Å². The molecule has 112 valence electrons. The zero-order chi connectivity index (χ0) is 15.2. The number of nitro benzene ring substituents is 1. The molecule has 0 fully saturated rings. The fourth-order valence-corrected chi connectivity index (χ4v) is 1.75. The van der Waals surface area contributed by atoms with Gasteiger partial charge in [-0.25, -0.2) is 0 Å². The van der Waals surface area contributed by atoms with Crippen LogP contribution in [0.1, 0.15) is 5.56 Å². The van der Waals surface area contributed by atoms with Crippen LogP contribution in [0.15, 0.2) is 24.3 Å². The number of methoxy groups -OCH3 is 1. The number of alkyl halides is 3. The number of halogens is 3. The zero-order valence-electron chi connectivity index (χ0n) is 10.9. The molecule has 0 aliphatic heterocycles. The highest BCUT2D eigenvalue weighted by atomic mass is 19.4. The van der Waals surface area contributed by atoms with Gasteiger partial charge in [-0.3, -0.25) is 15.0 Å². The van der Waals surface area contributed by atoms with Crippen molar-refractivity contribution in [1.82, 2.24) is 4.90 Å². The smallest absolute Gasteiger partial charge is 0.383 e. The molecule has 0 aromatic heterocycles. The van der Waals surface area contributed by atoms with Crippen molar-refractivity contribution in [1.29, 1.82) is 0 Å². The second kappa shape index (κ2) is 7.20. The van der Waals surface area contributed by atoms with E-state index < -0.39 is 17.6 Å². The Bertz CT molecular complexity index is 452. The quantitative estimate of drug-likeness (QED) is 0.572. The molecule has 0 aliphatic rings. The summed E-state index contributed by atoms with van der Waals surface area (Å²) in [5.74, 6) is 0. The van der Waals surface area contributed by atoms with Crippen molar-refractivity contribution in [3.05, 3.63) is 39.9 Å². The molecular weight excluding hydrogens is 277 g/mol. The number of rotatable bonds is 7.